The highest BCUT2D eigenvalue weighted by Gasteiger charge is 2.25. The summed E-state index contributed by atoms with van der Waals surface area (Å²) < 4.78 is 5.31. The molecule has 0 bridgehead atoms. The minimum Gasteiger partial charge on any atom is -0.467 e. The number of halogens is 1. The number of anilines is 1. The van der Waals surface area contributed by atoms with Gasteiger partial charge in [0, 0.05) is 15.7 Å². The number of esters is 1. The summed E-state index contributed by atoms with van der Waals surface area (Å²) in [5.74, 6) is -0.865. The number of nitrogens with two attached hydrogens (primary N) is 1. The van der Waals surface area contributed by atoms with E-state index in [1.165, 1.54) is 7.11 Å². The smallest absolute Gasteiger partial charge is 0.328 e. The molecule has 0 aromatic heterocycles. The van der Waals surface area contributed by atoms with Crippen molar-refractivity contribution in [3.05, 3.63) is 28.2 Å². The van der Waals surface area contributed by atoms with Crippen LogP contribution in [0.25, 0.3) is 0 Å². The second kappa shape index (κ2) is 6.56. The van der Waals surface area contributed by atoms with Crippen molar-refractivity contribution in [3.63, 3.8) is 0 Å². The Morgan fingerprint density at radius 2 is 2.00 bits per heavy atom. The molecule has 0 aliphatic rings. The predicted octanol–water partition coefficient (Wildman–Crippen LogP) is 1.96. The van der Waals surface area contributed by atoms with Gasteiger partial charge in [0.1, 0.15) is 6.04 Å². The minimum absolute atomic E-state index is 0.0615. The van der Waals surface area contributed by atoms with Crippen LogP contribution in [-0.4, -0.2) is 25.0 Å². The third kappa shape index (κ3) is 3.96. The van der Waals surface area contributed by atoms with Crippen molar-refractivity contribution in [2.45, 2.75) is 19.9 Å². The molecule has 1 rings (SSSR count). The van der Waals surface area contributed by atoms with E-state index in [0.29, 0.717) is 15.7 Å². The lowest BCUT2D eigenvalue weighted by Crippen LogP contribution is -2.45. The van der Waals surface area contributed by atoms with Crippen LogP contribution in [0, 0.1) is 5.92 Å². The van der Waals surface area contributed by atoms with Gasteiger partial charge in [-0.2, -0.15) is 0 Å². The predicted molar refractivity (Wildman–Crippen MR) is 76.7 cm³/mol. The first-order chi connectivity index (χ1) is 8.86. The van der Waals surface area contributed by atoms with Gasteiger partial charge in [0.05, 0.1) is 7.11 Å². The van der Waals surface area contributed by atoms with Gasteiger partial charge in [-0.3, -0.25) is 4.79 Å². The topological polar surface area (TPSA) is 81.4 Å². The maximum absolute atomic E-state index is 12.1. The summed E-state index contributed by atoms with van der Waals surface area (Å²) in [7, 11) is 1.30. The van der Waals surface area contributed by atoms with Crippen LogP contribution in [0.3, 0.4) is 0 Å². The van der Waals surface area contributed by atoms with Gasteiger partial charge in [0.25, 0.3) is 5.91 Å². The maximum atomic E-state index is 12.1. The average Bonchev–Trinajstić information content (AvgIpc) is 2.37. The van der Waals surface area contributed by atoms with Crippen LogP contribution in [0.4, 0.5) is 5.69 Å². The van der Waals surface area contributed by atoms with Crippen molar-refractivity contribution in [1.29, 1.82) is 0 Å². The highest BCUT2D eigenvalue weighted by Crippen LogP contribution is 2.20. The average molecular weight is 329 g/mol. The standard InChI is InChI=1S/C13H17BrN2O3/c1-7(2)11(13(18)19-3)16-12(17)8-4-5-10(15)9(14)6-8/h4-7,11H,15H2,1-3H3,(H,16,17). The largest absolute Gasteiger partial charge is 0.467 e. The molecule has 0 heterocycles. The summed E-state index contributed by atoms with van der Waals surface area (Å²) in [6, 6.07) is 4.17. The van der Waals surface area contributed by atoms with Crippen molar-refractivity contribution >= 4 is 33.5 Å². The van der Waals surface area contributed by atoms with E-state index in [1.54, 1.807) is 18.2 Å². The first kappa shape index (κ1) is 15.5. The number of nitrogen functional groups attached to an aromatic ring is 1. The molecule has 0 spiro atoms. The Bertz CT molecular complexity index is 489. The summed E-state index contributed by atoms with van der Waals surface area (Å²) in [5, 5.41) is 2.65. The molecule has 1 aromatic carbocycles. The number of hydrogen-bond acceptors (Lipinski definition) is 4. The van der Waals surface area contributed by atoms with E-state index in [4.69, 9.17) is 5.73 Å². The van der Waals surface area contributed by atoms with Gasteiger partial charge in [-0.25, -0.2) is 4.79 Å². The van der Waals surface area contributed by atoms with E-state index in [0.717, 1.165) is 0 Å². The summed E-state index contributed by atoms with van der Waals surface area (Å²) in [4.78, 5) is 23.6. The first-order valence-electron chi connectivity index (χ1n) is 5.80. The molecule has 0 radical (unpaired) electrons. The monoisotopic (exact) mass is 328 g/mol. The molecule has 0 fully saturated rings. The summed E-state index contributed by atoms with van der Waals surface area (Å²) in [6.07, 6.45) is 0. The van der Waals surface area contributed by atoms with E-state index in [-0.39, 0.29) is 11.8 Å². The molecule has 3 N–H and O–H groups in total. The van der Waals surface area contributed by atoms with Gasteiger partial charge < -0.3 is 15.8 Å². The normalized spacial score (nSPS) is 12.1. The molecule has 19 heavy (non-hydrogen) atoms. The fourth-order valence-electron chi connectivity index (χ4n) is 1.52. The van der Waals surface area contributed by atoms with Crippen LogP contribution in [0.15, 0.2) is 22.7 Å². The molecular formula is C13H17BrN2O3. The highest BCUT2D eigenvalue weighted by atomic mass is 79.9. The van der Waals surface area contributed by atoms with E-state index in [1.807, 2.05) is 13.8 Å². The molecule has 0 aliphatic heterocycles. The van der Waals surface area contributed by atoms with Gasteiger partial charge >= 0.3 is 5.97 Å². The number of hydrogen-bond donors (Lipinski definition) is 2. The summed E-state index contributed by atoms with van der Waals surface area (Å²) >= 11 is 3.26. The highest BCUT2D eigenvalue weighted by molar-refractivity contribution is 9.10. The van der Waals surface area contributed by atoms with Crippen molar-refractivity contribution in [3.8, 4) is 0 Å². The number of ether oxygens (including phenoxy) is 1. The summed E-state index contributed by atoms with van der Waals surface area (Å²) in [5.41, 5.74) is 6.63. The van der Waals surface area contributed by atoms with E-state index in [2.05, 4.69) is 26.0 Å². The third-order valence-electron chi connectivity index (χ3n) is 2.67. The number of benzene rings is 1. The van der Waals surface area contributed by atoms with Crippen LogP contribution >= 0.6 is 15.9 Å². The van der Waals surface area contributed by atoms with Crippen molar-refractivity contribution in [2.75, 3.05) is 12.8 Å². The van der Waals surface area contributed by atoms with Crippen molar-refractivity contribution in [2.24, 2.45) is 5.92 Å². The Morgan fingerprint density at radius 3 is 2.47 bits per heavy atom. The molecule has 1 amide bonds. The lowest BCUT2D eigenvalue weighted by molar-refractivity contribution is -0.144. The van der Waals surface area contributed by atoms with Crippen LogP contribution < -0.4 is 11.1 Å². The second-order valence-electron chi connectivity index (χ2n) is 4.45. The zero-order valence-corrected chi connectivity index (χ0v) is 12.7. The fraction of sp³-hybridized carbons (Fsp3) is 0.385. The molecule has 1 unspecified atom stereocenters. The Hall–Kier alpha value is -1.56. The van der Waals surface area contributed by atoms with E-state index in [9.17, 15) is 9.59 Å². The zero-order valence-electron chi connectivity index (χ0n) is 11.1. The minimum atomic E-state index is -0.672. The Morgan fingerprint density at radius 1 is 1.37 bits per heavy atom. The Labute approximate surface area is 120 Å². The molecule has 5 nitrogen and oxygen atoms in total. The number of carbonyl (C=O) groups is 2. The van der Waals surface area contributed by atoms with Gasteiger partial charge in [0.15, 0.2) is 0 Å². The van der Waals surface area contributed by atoms with Gasteiger partial charge in [-0.1, -0.05) is 13.8 Å². The molecule has 104 valence electrons. The quantitative estimate of drug-likeness (QED) is 0.654. The maximum Gasteiger partial charge on any atom is 0.328 e. The number of carbonyl (C=O) groups excluding carboxylic acids is 2. The lowest BCUT2D eigenvalue weighted by Gasteiger charge is -2.19. The molecule has 0 saturated heterocycles. The zero-order chi connectivity index (χ0) is 14.6. The van der Waals surface area contributed by atoms with Gasteiger partial charge in [-0.15, -0.1) is 0 Å². The number of nitrogens with one attached hydrogen (secondary N) is 1. The van der Waals surface area contributed by atoms with Gasteiger partial charge in [0.2, 0.25) is 0 Å². The lowest BCUT2D eigenvalue weighted by atomic mass is 10.0. The van der Waals surface area contributed by atoms with Crippen LogP contribution in [0.1, 0.15) is 24.2 Å². The number of methoxy groups -OCH3 is 1. The van der Waals surface area contributed by atoms with Crippen LogP contribution in [0.2, 0.25) is 0 Å². The second-order valence-corrected chi connectivity index (χ2v) is 5.31. The number of rotatable bonds is 4. The fourth-order valence-corrected chi connectivity index (χ4v) is 1.90. The third-order valence-corrected chi connectivity index (χ3v) is 3.36. The van der Waals surface area contributed by atoms with E-state index < -0.39 is 12.0 Å². The SMILES string of the molecule is COC(=O)C(NC(=O)c1ccc(N)c(Br)c1)C(C)C. The molecule has 0 aliphatic carbocycles. The van der Waals surface area contributed by atoms with Gasteiger partial charge in [-0.05, 0) is 40.0 Å². The van der Waals surface area contributed by atoms with Crippen molar-refractivity contribution < 1.29 is 14.3 Å². The molecule has 1 aromatic rings. The first-order valence-corrected chi connectivity index (χ1v) is 6.59. The molecule has 1 atom stereocenters. The Kier molecular flexibility index (Phi) is 5.35. The van der Waals surface area contributed by atoms with Crippen molar-refractivity contribution in [1.82, 2.24) is 5.32 Å². The van der Waals surface area contributed by atoms with E-state index >= 15 is 0 Å². The Balaban J connectivity index is 2.87. The van der Waals surface area contributed by atoms with Crippen LogP contribution in [0.5, 0.6) is 0 Å². The summed E-state index contributed by atoms with van der Waals surface area (Å²) in [6.45, 7) is 3.67. The molecular weight excluding hydrogens is 312 g/mol. The molecule has 0 saturated carbocycles. The number of amides is 1. The van der Waals surface area contributed by atoms with Crippen LogP contribution in [-0.2, 0) is 9.53 Å². The molecule has 6 heteroatoms.